The first kappa shape index (κ1) is 50.3. The van der Waals surface area contributed by atoms with E-state index in [-0.39, 0.29) is 24.5 Å². The third-order valence-corrected chi connectivity index (χ3v) is 7.77. The number of hydrogen-bond donors (Lipinski definition) is 2. The average Bonchev–Trinajstić information content (AvgIpc) is 3.19. The van der Waals surface area contributed by atoms with E-state index < -0.39 is 31.3 Å². The normalized spacial score (nSPS) is 9.86. The number of rotatable bonds is 15. The van der Waals surface area contributed by atoms with Gasteiger partial charge in [0, 0.05) is 0 Å². The van der Waals surface area contributed by atoms with Gasteiger partial charge in [0.2, 0.25) is 0 Å². The molecule has 0 spiro atoms. The molecule has 58 heavy (non-hydrogen) atoms. The summed E-state index contributed by atoms with van der Waals surface area (Å²) in [6, 6.07) is 41.3. The Labute approximate surface area is 342 Å². The molecule has 14 nitrogen and oxygen atoms in total. The summed E-state index contributed by atoms with van der Waals surface area (Å²) in [5.41, 5.74) is 4.32. The molecule has 0 aromatic heterocycles. The fourth-order valence-electron chi connectivity index (χ4n) is 4.34. The quantitative estimate of drug-likeness (QED) is 0.0769. The van der Waals surface area contributed by atoms with Gasteiger partial charge in [-0.05, 0) is 103 Å². The van der Waals surface area contributed by atoms with Gasteiger partial charge in [-0.25, -0.2) is 0 Å². The van der Waals surface area contributed by atoms with Gasteiger partial charge in [-0.3, -0.25) is 4.55 Å². The second kappa shape index (κ2) is 29.5. The van der Waals surface area contributed by atoms with E-state index >= 15 is 0 Å². The zero-order valence-electron chi connectivity index (χ0n) is 32.3. The minimum Gasteiger partial charge on any atom is -0.508 e. The lowest BCUT2D eigenvalue weighted by atomic mass is 10.1. The minimum atomic E-state index is -3.91. The molecule has 0 atom stereocenters. The highest BCUT2D eigenvalue weighted by Gasteiger charge is 2.05. The summed E-state index contributed by atoms with van der Waals surface area (Å²) in [5.74, 6) is 3.13. The molecule has 0 aliphatic rings. The monoisotopic (exact) mass is 860 g/mol. The lowest BCUT2D eigenvalue weighted by molar-refractivity contribution is 0.301. The molecule has 5 rings (SSSR count). The summed E-state index contributed by atoms with van der Waals surface area (Å²) in [6.45, 7) is 8.27. The van der Waals surface area contributed by atoms with Gasteiger partial charge in [0.15, 0.2) is 0 Å². The summed E-state index contributed by atoms with van der Waals surface area (Å²) in [7, 11) is -10.1. The van der Waals surface area contributed by atoms with Crippen LogP contribution in [0.25, 0.3) is 11.1 Å². The SMILES string of the molecule is CCCOc1ccc(-c2ccccc2)cc1.CCCOc1ccc(OCc2ccccc2)cc1.Cc1cc(OCCCS(=O)(=O)O)ccc1O.O=S(=O)=O.O=S(=O)=O. The van der Waals surface area contributed by atoms with Gasteiger partial charge in [-0.1, -0.05) is 86.6 Å². The molecule has 0 aliphatic heterocycles. The van der Waals surface area contributed by atoms with Crippen molar-refractivity contribution in [2.75, 3.05) is 25.6 Å². The van der Waals surface area contributed by atoms with Crippen LogP contribution in [0.1, 0.15) is 44.2 Å². The zero-order valence-corrected chi connectivity index (χ0v) is 34.7. The summed E-state index contributed by atoms with van der Waals surface area (Å²) >= 11 is 0. The first-order valence-electron chi connectivity index (χ1n) is 17.7. The average molecular weight is 861 g/mol. The predicted octanol–water partition coefficient (Wildman–Crippen LogP) is 7.55. The first-order chi connectivity index (χ1) is 27.6. The van der Waals surface area contributed by atoms with Gasteiger partial charge in [-0.2, -0.15) is 8.42 Å². The molecule has 0 heterocycles. The summed E-state index contributed by atoms with van der Waals surface area (Å²) in [6.07, 6.45) is 2.28. The van der Waals surface area contributed by atoms with Crippen LogP contribution in [0.3, 0.4) is 0 Å². The fraction of sp³-hybridized carbons (Fsp3) is 0.268. The Morgan fingerprint density at radius 3 is 1.38 bits per heavy atom. The van der Waals surface area contributed by atoms with Gasteiger partial charge in [0.1, 0.15) is 35.4 Å². The molecule has 2 N–H and O–H groups in total. The highest BCUT2D eigenvalue weighted by atomic mass is 32.2. The maximum Gasteiger partial charge on any atom is 0.425 e. The van der Waals surface area contributed by atoms with Crippen LogP contribution < -0.4 is 18.9 Å². The van der Waals surface area contributed by atoms with Crippen LogP contribution in [0.15, 0.2) is 127 Å². The summed E-state index contributed by atoms with van der Waals surface area (Å²) < 4.78 is 102. The van der Waals surface area contributed by atoms with E-state index in [0.717, 1.165) is 43.3 Å². The number of hydrogen-bond acceptors (Lipinski definition) is 13. The van der Waals surface area contributed by atoms with E-state index in [1.54, 1.807) is 19.1 Å². The largest absolute Gasteiger partial charge is 0.508 e. The number of benzene rings is 5. The number of phenolic OH excluding ortho intramolecular Hbond substituents is 1. The second-order valence-electron chi connectivity index (χ2n) is 11.7. The van der Waals surface area contributed by atoms with Crippen molar-refractivity contribution in [1.29, 1.82) is 0 Å². The molecule has 0 bridgehead atoms. The molecule has 0 saturated carbocycles. The van der Waals surface area contributed by atoms with E-state index in [9.17, 15) is 13.5 Å². The molecule has 314 valence electrons. The Morgan fingerprint density at radius 1 is 0.534 bits per heavy atom. The lowest BCUT2D eigenvalue weighted by Crippen LogP contribution is -2.08. The van der Waals surface area contributed by atoms with E-state index in [4.69, 9.17) is 48.8 Å². The molecule has 5 aromatic rings. The Kier molecular flexibility index (Phi) is 25.6. The maximum absolute atomic E-state index is 10.4. The van der Waals surface area contributed by atoms with Crippen molar-refractivity contribution in [3.8, 4) is 39.9 Å². The van der Waals surface area contributed by atoms with Crippen LogP contribution in [0, 0.1) is 6.92 Å². The maximum atomic E-state index is 10.4. The Bertz CT molecular complexity index is 2160. The van der Waals surface area contributed by atoms with E-state index in [1.807, 2.05) is 60.7 Å². The van der Waals surface area contributed by atoms with Crippen molar-refractivity contribution in [2.45, 2.75) is 46.6 Å². The molecule has 0 fully saturated rings. The van der Waals surface area contributed by atoms with Gasteiger partial charge in [0.25, 0.3) is 10.1 Å². The smallest absolute Gasteiger partial charge is 0.425 e. The number of aryl methyl sites for hydroxylation is 1. The summed E-state index contributed by atoms with van der Waals surface area (Å²) in [5, 5.41) is 9.25. The van der Waals surface area contributed by atoms with Crippen LogP contribution >= 0.6 is 0 Å². The predicted molar refractivity (Wildman–Crippen MR) is 219 cm³/mol. The molecule has 0 amide bonds. The standard InChI is InChI=1S/C16H18O2.C15H16O.C10H14O5S.2O3S/c1-2-12-17-15-8-10-16(11-9-15)18-13-14-6-4-3-5-7-14;1-2-12-16-15-10-8-14(9-11-15)13-6-4-3-5-7-13;1-8-7-9(3-4-10(8)11)15-5-2-6-16(12,13)14;2*1-4(2)3/h3-11H,2,12-13H2,1H3;3-11H,2,12H2,1H3;3-4,7,11H,2,5-6H2,1H3,(H,12,13,14);;. The van der Waals surface area contributed by atoms with Crippen molar-refractivity contribution < 1.29 is 62.3 Å². The molecular formula is C41H48O14S3. The number of aromatic hydroxyl groups is 1. The molecule has 5 aromatic carbocycles. The van der Waals surface area contributed by atoms with Crippen LogP contribution in [0.4, 0.5) is 0 Å². The van der Waals surface area contributed by atoms with Gasteiger partial charge >= 0.3 is 21.2 Å². The van der Waals surface area contributed by atoms with E-state index in [1.165, 1.54) is 22.8 Å². The van der Waals surface area contributed by atoms with Crippen molar-refractivity contribution in [2.24, 2.45) is 0 Å². The van der Waals surface area contributed by atoms with Crippen molar-refractivity contribution in [1.82, 2.24) is 0 Å². The highest BCUT2D eigenvalue weighted by Crippen LogP contribution is 2.23. The Morgan fingerprint density at radius 2 is 0.931 bits per heavy atom. The van der Waals surface area contributed by atoms with E-state index in [2.05, 4.69) is 62.4 Å². The third kappa shape index (κ3) is 26.2. The van der Waals surface area contributed by atoms with Gasteiger partial charge in [0.05, 0.1) is 25.6 Å². The Hall–Kier alpha value is -5.75. The van der Waals surface area contributed by atoms with Gasteiger partial charge in [-0.15, -0.1) is 25.3 Å². The zero-order chi connectivity index (χ0) is 43.2. The minimum absolute atomic E-state index is 0.185. The highest BCUT2D eigenvalue weighted by molar-refractivity contribution is 7.85. The van der Waals surface area contributed by atoms with Crippen LogP contribution in [0.2, 0.25) is 0 Å². The number of ether oxygens (including phenoxy) is 4. The molecule has 0 saturated heterocycles. The van der Waals surface area contributed by atoms with E-state index in [0.29, 0.717) is 17.9 Å². The van der Waals surface area contributed by atoms with Crippen molar-refractivity contribution in [3.63, 3.8) is 0 Å². The molecule has 0 unspecified atom stereocenters. The fourth-order valence-corrected chi connectivity index (χ4v) is 4.82. The molecule has 0 aliphatic carbocycles. The lowest BCUT2D eigenvalue weighted by Gasteiger charge is -2.08. The van der Waals surface area contributed by atoms with Crippen LogP contribution in [-0.4, -0.2) is 68.9 Å². The van der Waals surface area contributed by atoms with Gasteiger partial charge < -0.3 is 24.1 Å². The third-order valence-electron chi connectivity index (χ3n) is 6.96. The molecular weight excluding hydrogens is 813 g/mol. The Balaban J connectivity index is 0.000000398. The van der Waals surface area contributed by atoms with Crippen molar-refractivity contribution >= 4 is 31.3 Å². The second-order valence-corrected chi connectivity index (χ2v) is 14.1. The molecule has 17 heteroatoms. The van der Waals surface area contributed by atoms with Crippen LogP contribution in [0.5, 0.6) is 28.7 Å². The molecule has 0 radical (unpaired) electrons. The van der Waals surface area contributed by atoms with Crippen LogP contribution in [-0.2, 0) is 37.9 Å². The number of phenols is 1. The van der Waals surface area contributed by atoms with Crippen molar-refractivity contribution in [3.05, 3.63) is 139 Å². The first-order valence-corrected chi connectivity index (χ1v) is 21.3. The summed E-state index contributed by atoms with van der Waals surface area (Å²) in [4.78, 5) is 0. The topological polar surface area (TPSA) is 214 Å².